The Hall–Kier alpha value is -1.53. The van der Waals surface area contributed by atoms with E-state index in [1.807, 2.05) is 6.92 Å². The van der Waals surface area contributed by atoms with Crippen molar-refractivity contribution in [2.75, 3.05) is 0 Å². The predicted molar refractivity (Wildman–Crippen MR) is 107 cm³/mol. The van der Waals surface area contributed by atoms with E-state index in [-0.39, 0.29) is 12.4 Å². The number of halogens is 4. The second-order valence-electron chi connectivity index (χ2n) is 7.19. The molecule has 7 heteroatoms. The summed E-state index contributed by atoms with van der Waals surface area (Å²) in [6.45, 7) is 4.11. The minimum atomic E-state index is -4.40. The Morgan fingerprint density at radius 3 is 2.75 bits per heavy atom. The van der Waals surface area contributed by atoms with Gasteiger partial charge in [-0.05, 0) is 67.8 Å². The number of alkyl halides is 3. The molecule has 0 radical (unpaired) electrons. The summed E-state index contributed by atoms with van der Waals surface area (Å²) in [7, 11) is 0. The maximum absolute atomic E-state index is 13.4. The van der Waals surface area contributed by atoms with Gasteiger partial charge in [-0.2, -0.15) is 17.5 Å². The normalized spacial score (nSPS) is 17.5. The smallest absolute Gasteiger partial charge is 0.416 e. The van der Waals surface area contributed by atoms with Crippen molar-refractivity contribution in [2.24, 2.45) is 0 Å². The van der Waals surface area contributed by atoms with Crippen LogP contribution in [0.3, 0.4) is 0 Å². The molecular formula is C21H23ClF3NOS. The number of allylic oxidation sites excluding steroid dienone is 2. The van der Waals surface area contributed by atoms with Crippen LogP contribution in [0.2, 0.25) is 5.15 Å². The third-order valence-corrected chi connectivity index (χ3v) is 6.53. The van der Waals surface area contributed by atoms with Crippen LogP contribution in [0.1, 0.15) is 67.0 Å². The Bertz CT molecular complexity index is 860. The predicted octanol–water partition coefficient (Wildman–Crippen LogP) is 7.56. The van der Waals surface area contributed by atoms with Crippen LogP contribution >= 0.6 is 23.1 Å². The van der Waals surface area contributed by atoms with Crippen LogP contribution in [0.25, 0.3) is 0 Å². The lowest BCUT2D eigenvalue weighted by molar-refractivity contribution is -0.138. The first kappa shape index (κ1) is 21.2. The Balaban J connectivity index is 1.79. The molecule has 0 amide bonds. The van der Waals surface area contributed by atoms with Gasteiger partial charge in [0, 0.05) is 10.4 Å². The third kappa shape index (κ3) is 4.90. The lowest BCUT2D eigenvalue weighted by Crippen LogP contribution is -2.10. The van der Waals surface area contributed by atoms with Gasteiger partial charge in [0.05, 0.1) is 5.56 Å². The Morgan fingerprint density at radius 1 is 1.32 bits per heavy atom. The first-order chi connectivity index (χ1) is 13.3. The van der Waals surface area contributed by atoms with Gasteiger partial charge < -0.3 is 4.74 Å². The monoisotopic (exact) mass is 429 g/mol. The van der Waals surface area contributed by atoms with Crippen LogP contribution in [-0.4, -0.2) is 4.37 Å². The summed E-state index contributed by atoms with van der Waals surface area (Å²) >= 11 is 7.62. The van der Waals surface area contributed by atoms with Crippen molar-refractivity contribution in [1.82, 2.24) is 4.37 Å². The van der Waals surface area contributed by atoms with Crippen LogP contribution in [0, 0.1) is 0 Å². The molecule has 28 heavy (non-hydrogen) atoms. The van der Waals surface area contributed by atoms with Crippen LogP contribution in [0.4, 0.5) is 13.2 Å². The molecule has 2 aromatic rings. The van der Waals surface area contributed by atoms with E-state index in [9.17, 15) is 13.2 Å². The summed E-state index contributed by atoms with van der Waals surface area (Å²) in [6, 6.07) is 4.19. The number of nitrogens with zero attached hydrogens (tertiary/aromatic N) is 1. The van der Waals surface area contributed by atoms with Crippen molar-refractivity contribution in [3.05, 3.63) is 56.6 Å². The van der Waals surface area contributed by atoms with E-state index in [0.29, 0.717) is 29.5 Å². The first-order valence-corrected chi connectivity index (χ1v) is 10.6. The topological polar surface area (TPSA) is 22.1 Å². The molecule has 1 aliphatic rings. The van der Waals surface area contributed by atoms with Gasteiger partial charge in [-0.15, -0.1) is 0 Å². The Morgan fingerprint density at radius 2 is 2.11 bits per heavy atom. The summed E-state index contributed by atoms with van der Waals surface area (Å²) in [6.07, 6.45) is 1.86. The van der Waals surface area contributed by atoms with Gasteiger partial charge in [0.2, 0.25) is 0 Å². The van der Waals surface area contributed by atoms with Gasteiger partial charge in [0.1, 0.15) is 17.5 Å². The molecule has 0 spiro atoms. The standard InChI is InChI=1S/C21H23ClF3NOS/c1-3-4-14-9-10-16(11-18(14)21(23,24)25)27-12-17-19(28-26-20(17)22)15-7-5-13(2)6-8-15/h5,9-11,15H,3-4,6-8,12H2,1-2H3. The largest absolute Gasteiger partial charge is 0.489 e. The van der Waals surface area contributed by atoms with Crippen molar-refractivity contribution >= 4 is 23.1 Å². The van der Waals surface area contributed by atoms with E-state index in [1.54, 1.807) is 6.07 Å². The zero-order chi connectivity index (χ0) is 20.3. The molecule has 1 atom stereocenters. The third-order valence-electron chi connectivity index (χ3n) is 5.07. The van der Waals surface area contributed by atoms with E-state index in [4.69, 9.17) is 16.3 Å². The molecule has 1 aromatic carbocycles. The van der Waals surface area contributed by atoms with E-state index in [0.717, 1.165) is 35.8 Å². The average Bonchev–Trinajstić information content (AvgIpc) is 3.01. The molecule has 2 nitrogen and oxygen atoms in total. The van der Waals surface area contributed by atoms with Crippen molar-refractivity contribution in [1.29, 1.82) is 0 Å². The molecule has 1 heterocycles. The fourth-order valence-electron chi connectivity index (χ4n) is 3.51. The van der Waals surface area contributed by atoms with Crippen LogP contribution in [0.5, 0.6) is 5.75 Å². The second-order valence-corrected chi connectivity index (χ2v) is 8.36. The Labute approximate surface area is 172 Å². The van der Waals surface area contributed by atoms with Crippen molar-refractivity contribution < 1.29 is 17.9 Å². The fourth-order valence-corrected chi connectivity index (χ4v) is 4.74. The summed E-state index contributed by atoms with van der Waals surface area (Å²) < 4.78 is 50.1. The molecule has 3 rings (SSSR count). The van der Waals surface area contributed by atoms with Crippen LogP contribution in [-0.2, 0) is 19.2 Å². The molecule has 0 aliphatic heterocycles. The number of aromatic nitrogens is 1. The summed E-state index contributed by atoms with van der Waals surface area (Å²) in [5.41, 5.74) is 1.84. The lowest BCUT2D eigenvalue weighted by Gasteiger charge is -2.20. The van der Waals surface area contributed by atoms with E-state index in [2.05, 4.69) is 17.4 Å². The summed E-state index contributed by atoms with van der Waals surface area (Å²) in [5.74, 6) is 0.532. The zero-order valence-electron chi connectivity index (χ0n) is 15.9. The minimum absolute atomic E-state index is 0.119. The van der Waals surface area contributed by atoms with Crippen LogP contribution < -0.4 is 4.74 Å². The highest BCUT2D eigenvalue weighted by Gasteiger charge is 2.33. The number of rotatable bonds is 6. The van der Waals surface area contributed by atoms with Crippen LogP contribution in [0.15, 0.2) is 29.8 Å². The maximum atomic E-state index is 13.4. The molecule has 1 unspecified atom stereocenters. The molecule has 0 N–H and O–H groups in total. The van der Waals surface area contributed by atoms with E-state index < -0.39 is 11.7 Å². The quantitative estimate of drug-likeness (QED) is 0.442. The van der Waals surface area contributed by atoms with Gasteiger partial charge in [-0.1, -0.05) is 42.7 Å². The number of aryl methyl sites for hydroxylation is 1. The number of ether oxygens (including phenoxy) is 1. The average molecular weight is 430 g/mol. The molecular weight excluding hydrogens is 407 g/mol. The maximum Gasteiger partial charge on any atom is 0.416 e. The highest BCUT2D eigenvalue weighted by molar-refractivity contribution is 7.06. The van der Waals surface area contributed by atoms with E-state index in [1.165, 1.54) is 23.2 Å². The van der Waals surface area contributed by atoms with Crippen molar-refractivity contribution in [3.63, 3.8) is 0 Å². The highest BCUT2D eigenvalue weighted by atomic mass is 35.5. The van der Waals surface area contributed by atoms with Gasteiger partial charge in [0.25, 0.3) is 0 Å². The SMILES string of the molecule is CCCc1ccc(OCc2c(Cl)nsc2C2CC=C(C)CC2)cc1C(F)(F)F. The zero-order valence-corrected chi connectivity index (χ0v) is 17.5. The molecule has 0 saturated carbocycles. The summed E-state index contributed by atoms with van der Waals surface area (Å²) in [4.78, 5) is 1.08. The molecule has 1 aromatic heterocycles. The first-order valence-electron chi connectivity index (χ1n) is 9.42. The number of hydrogen-bond acceptors (Lipinski definition) is 3. The van der Waals surface area contributed by atoms with Gasteiger partial charge >= 0.3 is 6.18 Å². The van der Waals surface area contributed by atoms with E-state index >= 15 is 0 Å². The van der Waals surface area contributed by atoms with Gasteiger partial charge in [0.15, 0.2) is 0 Å². The molecule has 1 aliphatic carbocycles. The fraction of sp³-hybridized carbons (Fsp3) is 0.476. The van der Waals surface area contributed by atoms with Crippen molar-refractivity contribution in [3.8, 4) is 5.75 Å². The minimum Gasteiger partial charge on any atom is -0.489 e. The number of hydrogen-bond donors (Lipinski definition) is 0. The lowest BCUT2D eigenvalue weighted by atomic mass is 9.88. The summed E-state index contributed by atoms with van der Waals surface area (Å²) in [5, 5.41) is 0.380. The Kier molecular flexibility index (Phi) is 6.71. The molecule has 0 bridgehead atoms. The van der Waals surface area contributed by atoms with Gasteiger partial charge in [-0.25, -0.2) is 0 Å². The van der Waals surface area contributed by atoms with Crippen molar-refractivity contribution in [2.45, 2.75) is 64.7 Å². The number of benzene rings is 1. The molecule has 0 fully saturated rings. The van der Waals surface area contributed by atoms with Gasteiger partial charge in [-0.3, -0.25) is 0 Å². The second kappa shape index (κ2) is 8.87. The molecule has 152 valence electrons. The molecule has 0 saturated heterocycles. The highest BCUT2D eigenvalue weighted by Crippen LogP contribution is 2.39.